The van der Waals surface area contributed by atoms with Crippen molar-refractivity contribution >= 4 is 0 Å². The highest BCUT2D eigenvalue weighted by Crippen LogP contribution is 2.22. The number of aromatic nitrogens is 2. The predicted molar refractivity (Wildman–Crippen MR) is 78.3 cm³/mol. The van der Waals surface area contributed by atoms with Crippen molar-refractivity contribution in [2.75, 3.05) is 13.2 Å². The highest BCUT2D eigenvalue weighted by Gasteiger charge is 2.27. The summed E-state index contributed by atoms with van der Waals surface area (Å²) in [6, 6.07) is 10.7. The van der Waals surface area contributed by atoms with E-state index in [0.717, 1.165) is 31.6 Å². The van der Waals surface area contributed by atoms with Crippen LogP contribution in [0.4, 0.5) is 0 Å². The molecular weight excluding hydrogens is 250 g/mol. The van der Waals surface area contributed by atoms with E-state index in [2.05, 4.69) is 38.7 Å². The number of fused-ring (bicyclic) bond motifs is 1. The SMILES string of the molecule is Cn1cnc2c1CC(CO)N(CCc1ccccc1)C2. The molecule has 1 N–H and O–H groups in total. The number of aliphatic hydroxyl groups excluding tert-OH is 1. The summed E-state index contributed by atoms with van der Waals surface area (Å²) in [5, 5.41) is 9.64. The molecular formula is C16H21N3O. The standard InChI is InChI=1S/C16H21N3O/c1-18-12-17-15-10-19(14(11-20)9-16(15)18)8-7-13-5-3-2-4-6-13/h2-6,12,14,20H,7-11H2,1H3. The van der Waals surface area contributed by atoms with E-state index >= 15 is 0 Å². The third-order valence-electron chi connectivity index (χ3n) is 4.19. The van der Waals surface area contributed by atoms with Crippen LogP contribution in [-0.4, -0.2) is 38.8 Å². The van der Waals surface area contributed by atoms with E-state index in [0.29, 0.717) is 0 Å². The van der Waals surface area contributed by atoms with Crippen LogP contribution >= 0.6 is 0 Å². The quantitative estimate of drug-likeness (QED) is 0.913. The average molecular weight is 271 g/mol. The molecule has 0 amide bonds. The fraction of sp³-hybridized carbons (Fsp3) is 0.438. The van der Waals surface area contributed by atoms with Crippen LogP contribution in [-0.2, 0) is 26.4 Å². The number of imidazole rings is 1. The summed E-state index contributed by atoms with van der Waals surface area (Å²) in [7, 11) is 2.03. The van der Waals surface area contributed by atoms with Gasteiger partial charge in [0, 0.05) is 38.3 Å². The molecule has 1 aliphatic rings. The molecule has 0 saturated heterocycles. The van der Waals surface area contributed by atoms with E-state index in [1.807, 2.05) is 19.4 Å². The van der Waals surface area contributed by atoms with E-state index < -0.39 is 0 Å². The molecule has 1 unspecified atom stereocenters. The Bertz CT molecular complexity index is 564. The monoisotopic (exact) mass is 271 g/mol. The van der Waals surface area contributed by atoms with Crippen molar-refractivity contribution in [3.8, 4) is 0 Å². The minimum Gasteiger partial charge on any atom is -0.395 e. The second-order valence-electron chi connectivity index (χ2n) is 5.50. The summed E-state index contributed by atoms with van der Waals surface area (Å²) < 4.78 is 2.08. The molecule has 1 aromatic carbocycles. The van der Waals surface area contributed by atoms with Crippen LogP contribution in [0.5, 0.6) is 0 Å². The molecule has 106 valence electrons. The highest BCUT2D eigenvalue weighted by atomic mass is 16.3. The first-order valence-corrected chi connectivity index (χ1v) is 7.16. The van der Waals surface area contributed by atoms with Gasteiger partial charge in [0.25, 0.3) is 0 Å². The summed E-state index contributed by atoms with van der Waals surface area (Å²) >= 11 is 0. The maximum atomic E-state index is 9.64. The summed E-state index contributed by atoms with van der Waals surface area (Å²) in [6.45, 7) is 2.01. The molecule has 0 saturated carbocycles. The van der Waals surface area contributed by atoms with Gasteiger partial charge in [-0.15, -0.1) is 0 Å². The molecule has 20 heavy (non-hydrogen) atoms. The van der Waals surface area contributed by atoms with Crippen LogP contribution in [0.25, 0.3) is 0 Å². The van der Waals surface area contributed by atoms with E-state index in [-0.39, 0.29) is 12.6 Å². The number of hydrogen-bond donors (Lipinski definition) is 1. The third kappa shape index (κ3) is 2.62. The van der Waals surface area contributed by atoms with Gasteiger partial charge in [-0.3, -0.25) is 4.90 Å². The van der Waals surface area contributed by atoms with Gasteiger partial charge in [0.15, 0.2) is 0 Å². The molecule has 4 heteroatoms. The summed E-state index contributed by atoms with van der Waals surface area (Å²) in [5.74, 6) is 0. The van der Waals surface area contributed by atoms with Gasteiger partial charge >= 0.3 is 0 Å². The Labute approximate surface area is 119 Å². The van der Waals surface area contributed by atoms with Gasteiger partial charge in [0.2, 0.25) is 0 Å². The Kier molecular flexibility index (Phi) is 3.85. The second kappa shape index (κ2) is 5.77. The van der Waals surface area contributed by atoms with E-state index in [1.54, 1.807) is 0 Å². The fourth-order valence-electron chi connectivity index (χ4n) is 2.93. The Hall–Kier alpha value is -1.65. The number of hydrogen-bond acceptors (Lipinski definition) is 3. The maximum Gasteiger partial charge on any atom is 0.0949 e. The Morgan fingerprint density at radius 3 is 2.85 bits per heavy atom. The van der Waals surface area contributed by atoms with Gasteiger partial charge in [-0.2, -0.15) is 0 Å². The fourth-order valence-corrected chi connectivity index (χ4v) is 2.93. The first kappa shape index (κ1) is 13.3. The number of benzene rings is 1. The van der Waals surface area contributed by atoms with Crippen LogP contribution < -0.4 is 0 Å². The molecule has 2 heterocycles. The molecule has 1 aliphatic heterocycles. The zero-order chi connectivity index (χ0) is 13.9. The Morgan fingerprint density at radius 2 is 2.10 bits per heavy atom. The first-order chi connectivity index (χ1) is 9.78. The summed E-state index contributed by atoms with van der Waals surface area (Å²) in [5.41, 5.74) is 3.77. The van der Waals surface area contributed by atoms with Gasteiger partial charge in [-0.1, -0.05) is 30.3 Å². The van der Waals surface area contributed by atoms with Gasteiger partial charge in [0.1, 0.15) is 0 Å². The molecule has 3 rings (SSSR count). The topological polar surface area (TPSA) is 41.3 Å². The van der Waals surface area contributed by atoms with Crippen molar-refractivity contribution in [2.24, 2.45) is 7.05 Å². The smallest absolute Gasteiger partial charge is 0.0949 e. The Morgan fingerprint density at radius 1 is 1.30 bits per heavy atom. The molecule has 1 aromatic heterocycles. The zero-order valence-corrected chi connectivity index (χ0v) is 11.9. The average Bonchev–Trinajstić information content (AvgIpc) is 2.86. The molecule has 1 atom stereocenters. The summed E-state index contributed by atoms with van der Waals surface area (Å²) in [6.07, 6.45) is 3.77. The lowest BCUT2D eigenvalue weighted by molar-refractivity contribution is 0.104. The molecule has 0 bridgehead atoms. The number of nitrogens with zero attached hydrogens (tertiary/aromatic N) is 3. The molecule has 0 aliphatic carbocycles. The lowest BCUT2D eigenvalue weighted by Crippen LogP contribution is -2.44. The summed E-state index contributed by atoms with van der Waals surface area (Å²) in [4.78, 5) is 6.82. The van der Waals surface area contributed by atoms with Gasteiger partial charge in [-0.05, 0) is 12.0 Å². The van der Waals surface area contributed by atoms with Crippen LogP contribution in [0.15, 0.2) is 36.7 Å². The van der Waals surface area contributed by atoms with Crippen molar-refractivity contribution in [2.45, 2.75) is 25.4 Å². The largest absolute Gasteiger partial charge is 0.395 e. The van der Waals surface area contributed by atoms with Crippen LogP contribution in [0.2, 0.25) is 0 Å². The second-order valence-corrected chi connectivity index (χ2v) is 5.50. The highest BCUT2D eigenvalue weighted by molar-refractivity contribution is 5.19. The molecule has 4 nitrogen and oxygen atoms in total. The van der Waals surface area contributed by atoms with Crippen molar-refractivity contribution in [3.05, 3.63) is 53.6 Å². The van der Waals surface area contributed by atoms with Crippen molar-refractivity contribution in [1.29, 1.82) is 0 Å². The molecule has 0 fully saturated rings. The van der Waals surface area contributed by atoms with E-state index in [1.165, 1.54) is 11.3 Å². The first-order valence-electron chi connectivity index (χ1n) is 7.16. The number of aliphatic hydroxyl groups is 1. The number of aryl methyl sites for hydroxylation is 1. The maximum absolute atomic E-state index is 9.64. The number of rotatable bonds is 4. The van der Waals surface area contributed by atoms with Crippen LogP contribution in [0.3, 0.4) is 0 Å². The van der Waals surface area contributed by atoms with Gasteiger partial charge in [-0.25, -0.2) is 4.98 Å². The normalized spacial score (nSPS) is 19.0. The molecule has 0 radical (unpaired) electrons. The lowest BCUT2D eigenvalue weighted by atomic mass is 10.0. The minimum atomic E-state index is 0.208. The molecule has 0 spiro atoms. The Balaban J connectivity index is 1.70. The minimum absolute atomic E-state index is 0.208. The van der Waals surface area contributed by atoms with E-state index in [4.69, 9.17) is 0 Å². The van der Waals surface area contributed by atoms with Crippen molar-refractivity contribution in [1.82, 2.24) is 14.5 Å². The van der Waals surface area contributed by atoms with E-state index in [9.17, 15) is 5.11 Å². The lowest BCUT2D eigenvalue weighted by Gasteiger charge is -2.34. The third-order valence-corrected chi connectivity index (χ3v) is 4.19. The predicted octanol–water partition coefficient (Wildman–Crippen LogP) is 1.38. The molecule has 2 aromatic rings. The van der Waals surface area contributed by atoms with Gasteiger partial charge < -0.3 is 9.67 Å². The van der Waals surface area contributed by atoms with Crippen LogP contribution in [0, 0.1) is 0 Å². The van der Waals surface area contributed by atoms with Crippen LogP contribution in [0.1, 0.15) is 17.0 Å². The van der Waals surface area contributed by atoms with Crippen molar-refractivity contribution < 1.29 is 5.11 Å². The zero-order valence-electron chi connectivity index (χ0n) is 11.9. The van der Waals surface area contributed by atoms with Crippen molar-refractivity contribution in [3.63, 3.8) is 0 Å². The van der Waals surface area contributed by atoms with Gasteiger partial charge in [0.05, 0.1) is 18.6 Å².